The first kappa shape index (κ1) is 20.5. The minimum atomic E-state index is -0.341. The topological polar surface area (TPSA) is 75.1 Å². The summed E-state index contributed by atoms with van der Waals surface area (Å²) in [5.74, 6) is -0.341. The van der Waals surface area contributed by atoms with E-state index in [0.717, 1.165) is 34.3 Å². The van der Waals surface area contributed by atoms with Gasteiger partial charge in [0, 0.05) is 34.3 Å². The lowest BCUT2D eigenvalue weighted by molar-refractivity contribution is 0.0950. The molecule has 5 aromatic rings. The summed E-state index contributed by atoms with van der Waals surface area (Å²) in [6.45, 7) is 2.84. The highest BCUT2D eigenvalue weighted by atomic mass is 16.2. The molecule has 3 aromatic carbocycles. The van der Waals surface area contributed by atoms with Crippen LogP contribution in [0, 0.1) is 6.92 Å². The normalized spacial score (nSPS) is 11.3. The molecule has 5 rings (SSSR count). The highest BCUT2D eigenvalue weighted by Gasteiger charge is 2.14. The van der Waals surface area contributed by atoms with Crippen LogP contribution in [0.15, 0.2) is 96.1 Å². The number of H-pyrrole nitrogens is 1. The largest absolute Gasteiger partial charge is 0.340 e. The number of para-hydroxylation sites is 1. The molecule has 0 saturated heterocycles. The number of carbonyl (C=O) groups excluding carboxylic acids is 1. The summed E-state index contributed by atoms with van der Waals surface area (Å²) < 4.78 is 2.27. The molecule has 0 fully saturated rings. The van der Waals surface area contributed by atoms with Crippen LogP contribution in [0.5, 0.6) is 0 Å². The number of benzene rings is 3. The van der Waals surface area contributed by atoms with Gasteiger partial charge in [0.15, 0.2) is 0 Å². The van der Waals surface area contributed by atoms with Crippen LogP contribution >= 0.6 is 0 Å². The van der Waals surface area contributed by atoms with Crippen LogP contribution in [0.2, 0.25) is 0 Å². The van der Waals surface area contributed by atoms with E-state index in [9.17, 15) is 4.79 Å². The van der Waals surface area contributed by atoms with Gasteiger partial charge in [-0.1, -0.05) is 78.9 Å². The van der Waals surface area contributed by atoms with Gasteiger partial charge >= 0.3 is 0 Å². The lowest BCUT2D eigenvalue weighted by Crippen LogP contribution is -2.18. The number of aromatic amines is 1. The van der Waals surface area contributed by atoms with Gasteiger partial charge in [-0.3, -0.25) is 9.89 Å². The van der Waals surface area contributed by atoms with Gasteiger partial charge in [-0.2, -0.15) is 10.2 Å². The van der Waals surface area contributed by atoms with E-state index in [-0.39, 0.29) is 5.91 Å². The Morgan fingerprint density at radius 3 is 2.48 bits per heavy atom. The molecule has 0 spiro atoms. The number of hydrazone groups is 1. The maximum Gasteiger partial charge on any atom is 0.289 e. The lowest BCUT2D eigenvalue weighted by Gasteiger charge is -2.08. The smallest absolute Gasteiger partial charge is 0.289 e. The molecule has 2 N–H and O–H groups in total. The number of rotatable bonds is 6. The number of hydrogen-bond acceptors (Lipinski definition) is 3. The number of aromatic nitrogens is 3. The van der Waals surface area contributed by atoms with Crippen LogP contribution in [-0.2, 0) is 6.54 Å². The van der Waals surface area contributed by atoms with Gasteiger partial charge < -0.3 is 4.57 Å². The van der Waals surface area contributed by atoms with Crippen molar-refractivity contribution in [3.05, 3.63) is 114 Å². The summed E-state index contributed by atoms with van der Waals surface area (Å²) in [6, 6.07) is 30.0. The Hall–Kier alpha value is -4.45. The van der Waals surface area contributed by atoms with Crippen molar-refractivity contribution in [2.24, 2.45) is 5.10 Å². The molecule has 0 aliphatic rings. The summed E-state index contributed by atoms with van der Waals surface area (Å²) in [5, 5.41) is 12.4. The molecule has 162 valence electrons. The molecule has 0 atom stereocenters. The van der Waals surface area contributed by atoms with Gasteiger partial charge in [0.2, 0.25) is 0 Å². The fourth-order valence-corrected chi connectivity index (χ4v) is 4.00. The third-order valence-corrected chi connectivity index (χ3v) is 5.71. The van der Waals surface area contributed by atoms with Crippen LogP contribution in [0.4, 0.5) is 0 Å². The van der Waals surface area contributed by atoms with Crippen molar-refractivity contribution in [1.82, 2.24) is 20.2 Å². The zero-order valence-electron chi connectivity index (χ0n) is 18.2. The zero-order chi connectivity index (χ0) is 22.6. The first-order chi connectivity index (χ1) is 16.2. The Balaban J connectivity index is 1.37. The molecular formula is C27H23N5O. The standard InChI is InChI=1S/C27H23N5O/c1-19-23(22-14-8-9-15-26(22)32(19)18-20-10-4-2-5-11-20)17-28-31-27(33)25-16-24(29-30-25)21-12-6-3-7-13-21/h2-17H,18H2,1H3,(H,29,30)(H,31,33)/b28-17-. The molecule has 0 aliphatic carbocycles. The quantitative estimate of drug-likeness (QED) is 0.287. The summed E-state index contributed by atoms with van der Waals surface area (Å²) in [7, 11) is 0. The number of fused-ring (bicyclic) bond motifs is 1. The highest BCUT2D eigenvalue weighted by molar-refractivity contribution is 6.02. The van der Waals surface area contributed by atoms with Crippen molar-refractivity contribution in [1.29, 1.82) is 0 Å². The molecule has 2 aromatic heterocycles. The first-order valence-electron chi connectivity index (χ1n) is 10.8. The molecule has 1 amide bonds. The van der Waals surface area contributed by atoms with Gasteiger partial charge in [-0.05, 0) is 24.6 Å². The van der Waals surface area contributed by atoms with Crippen molar-refractivity contribution in [3.63, 3.8) is 0 Å². The average molecular weight is 434 g/mol. The third kappa shape index (κ3) is 4.19. The molecule has 2 heterocycles. The van der Waals surface area contributed by atoms with Gasteiger partial charge in [-0.25, -0.2) is 5.43 Å². The molecule has 6 nitrogen and oxygen atoms in total. The van der Waals surface area contributed by atoms with Gasteiger partial charge in [0.05, 0.1) is 11.9 Å². The molecular weight excluding hydrogens is 410 g/mol. The van der Waals surface area contributed by atoms with E-state index >= 15 is 0 Å². The van der Waals surface area contributed by atoms with Crippen LogP contribution in [0.1, 0.15) is 27.3 Å². The fourth-order valence-electron chi connectivity index (χ4n) is 4.00. The highest BCUT2D eigenvalue weighted by Crippen LogP contribution is 2.25. The van der Waals surface area contributed by atoms with E-state index in [1.165, 1.54) is 5.56 Å². The van der Waals surface area contributed by atoms with E-state index in [1.807, 2.05) is 60.7 Å². The Kier molecular flexibility index (Phi) is 5.55. The average Bonchev–Trinajstić information content (AvgIpc) is 3.45. The van der Waals surface area contributed by atoms with Crippen LogP contribution in [-0.4, -0.2) is 26.9 Å². The maximum atomic E-state index is 12.6. The Morgan fingerprint density at radius 1 is 1.00 bits per heavy atom. The predicted molar refractivity (Wildman–Crippen MR) is 131 cm³/mol. The monoisotopic (exact) mass is 433 g/mol. The zero-order valence-corrected chi connectivity index (χ0v) is 18.2. The fraction of sp³-hybridized carbons (Fsp3) is 0.0741. The van der Waals surface area contributed by atoms with Crippen molar-refractivity contribution >= 4 is 23.0 Å². The van der Waals surface area contributed by atoms with Crippen molar-refractivity contribution < 1.29 is 4.79 Å². The predicted octanol–water partition coefficient (Wildman–Crippen LogP) is 5.15. The lowest BCUT2D eigenvalue weighted by atomic mass is 10.1. The number of nitrogens with zero attached hydrogens (tertiary/aromatic N) is 3. The van der Waals surface area contributed by atoms with E-state index in [2.05, 4.69) is 56.5 Å². The number of hydrogen-bond donors (Lipinski definition) is 2. The number of amides is 1. The second-order valence-corrected chi connectivity index (χ2v) is 7.82. The first-order valence-corrected chi connectivity index (χ1v) is 10.8. The van der Waals surface area contributed by atoms with Crippen LogP contribution in [0.3, 0.4) is 0 Å². The van der Waals surface area contributed by atoms with Crippen molar-refractivity contribution in [3.8, 4) is 11.3 Å². The summed E-state index contributed by atoms with van der Waals surface area (Å²) >= 11 is 0. The van der Waals surface area contributed by atoms with Gasteiger partial charge in [-0.15, -0.1) is 0 Å². The minimum Gasteiger partial charge on any atom is -0.340 e. The Bertz CT molecular complexity index is 1430. The summed E-state index contributed by atoms with van der Waals surface area (Å²) in [5.41, 5.74) is 9.06. The molecule has 33 heavy (non-hydrogen) atoms. The van der Waals surface area contributed by atoms with E-state index < -0.39 is 0 Å². The molecule has 0 unspecified atom stereocenters. The second kappa shape index (κ2) is 8.96. The molecule has 0 bridgehead atoms. The van der Waals surface area contributed by atoms with Crippen molar-refractivity contribution in [2.75, 3.05) is 0 Å². The van der Waals surface area contributed by atoms with Gasteiger partial charge in [0.25, 0.3) is 5.91 Å². The minimum absolute atomic E-state index is 0.341. The Morgan fingerprint density at radius 2 is 1.70 bits per heavy atom. The molecule has 0 radical (unpaired) electrons. The van der Waals surface area contributed by atoms with E-state index in [1.54, 1.807) is 12.3 Å². The van der Waals surface area contributed by atoms with E-state index in [4.69, 9.17) is 0 Å². The number of nitrogens with one attached hydrogen (secondary N) is 2. The summed E-state index contributed by atoms with van der Waals surface area (Å²) in [6.07, 6.45) is 1.71. The SMILES string of the molecule is Cc1c(/C=N\NC(=O)c2cc(-c3ccccc3)n[nH]2)c2ccccc2n1Cc1ccccc1. The molecule has 6 heteroatoms. The maximum absolute atomic E-state index is 12.6. The van der Waals surface area contributed by atoms with Crippen LogP contribution in [0.25, 0.3) is 22.2 Å². The third-order valence-electron chi connectivity index (χ3n) is 5.71. The second-order valence-electron chi connectivity index (χ2n) is 7.82. The van der Waals surface area contributed by atoms with Crippen molar-refractivity contribution in [2.45, 2.75) is 13.5 Å². The van der Waals surface area contributed by atoms with E-state index in [0.29, 0.717) is 11.4 Å². The van der Waals surface area contributed by atoms with Gasteiger partial charge in [0.1, 0.15) is 5.69 Å². The van der Waals surface area contributed by atoms with Crippen LogP contribution < -0.4 is 5.43 Å². The molecule has 0 saturated carbocycles. The summed E-state index contributed by atoms with van der Waals surface area (Å²) in [4.78, 5) is 12.6. The molecule has 0 aliphatic heterocycles. The Labute approximate surface area is 191 Å². The number of carbonyl (C=O) groups is 1.